The molecule has 0 saturated heterocycles. The molecule has 0 amide bonds. The van der Waals surface area contributed by atoms with Crippen LogP contribution in [0, 0.1) is 46.3 Å². The molecular formula is C31H50O2. The summed E-state index contributed by atoms with van der Waals surface area (Å²) in [6, 6.07) is 0. The van der Waals surface area contributed by atoms with E-state index in [1.165, 1.54) is 57.8 Å². The maximum atomic E-state index is 11.9. The van der Waals surface area contributed by atoms with Gasteiger partial charge in [0.15, 0.2) is 5.78 Å². The average Bonchev–Trinajstić information content (AvgIpc) is 3.11. The third-order valence-corrected chi connectivity index (χ3v) is 11.1. The molecule has 0 aliphatic heterocycles. The summed E-state index contributed by atoms with van der Waals surface area (Å²) in [6.07, 6.45) is 20.6. The van der Waals surface area contributed by atoms with E-state index < -0.39 is 0 Å². The van der Waals surface area contributed by atoms with Crippen LogP contribution in [0.4, 0.5) is 0 Å². The molecule has 0 spiro atoms. The van der Waals surface area contributed by atoms with E-state index in [1.54, 1.807) is 11.6 Å². The Kier molecular flexibility index (Phi) is 7.64. The molecule has 0 radical (unpaired) electrons. The Balaban J connectivity index is 1.36. The van der Waals surface area contributed by atoms with Crippen molar-refractivity contribution < 1.29 is 9.90 Å². The highest BCUT2D eigenvalue weighted by atomic mass is 16.3. The second-order valence-corrected chi connectivity index (χ2v) is 13.1. The predicted octanol–water partition coefficient (Wildman–Crippen LogP) is 7.90. The van der Waals surface area contributed by atoms with Crippen LogP contribution < -0.4 is 0 Å². The molecule has 9 atom stereocenters. The van der Waals surface area contributed by atoms with Crippen molar-refractivity contribution in [1.82, 2.24) is 0 Å². The molecule has 4 rings (SSSR count). The Morgan fingerprint density at radius 3 is 2.67 bits per heavy atom. The van der Waals surface area contributed by atoms with Gasteiger partial charge in [0, 0.05) is 6.42 Å². The lowest BCUT2D eigenvalue weighted by Crippen LogP contribution is -2.50. The molecule has 0 heterocycles. The Morgan fingerprint density at radius 1 is 1.12 bits per heavy atom. The Bertz CT molecular complexity index is 765. The van der Waals surface area contributed by atoms with Crippen molar-refractivity contribution in [2.45, 2.75) is 118 Å². The minimum Gasteiger partial charge on any atom is -0.393 e. The van der Waals surface area contributed by atoms with Gasteiger partial charge < -0.3 is 5.11 Å². The lowest BCUT2D eigenvalue weighted by atomic mass is 9.47. The van der Waals surface area contributed by atoms with Crippen LogP contribution in [0.25, 0.3) is 0 Å². The number of fused-ring (bicyclic) bond motifs is 5. The van der Waals surface area contributed by atoms with Gasteiger partial charge in [-0.1, -0.05) is 64.7 Å². The van der Waals surface area contributed by atoms with Crippen LogP contribution in [0.3, 0.4) is 0 Å². The molecule has 2 heteroatoms. The molecule has 0 aromatic carbocycles. The van der Waals surface area contributed by atoms with Gasteiger partial charge in [0.25, 0.3) is 0 Å². The summed E-state index contributed by atoms with van der Waals surface area (Å²) in [7, 11) is 0. The Morgan fingerprint density at radius 2 is 1.91 bits per heavy atom. The molecule has 2 nitrogen and oxygen atoms in total. The normalized spacial score (nSPS) is 42.2. The highest BCUT2D eigenvalue weighted by molar-refractivity contribution is 5.89. The predicted molar refractivity (Wildman–Crippen MR) is 138 cm³/mol. The van der Waals surface area contributed by atoms with Crippen LogP contribution in [-0.4, -0.2) is 17.0 Å². The van der Waals surface area contributed by atoms with Crippen molar-refractivity contribution in [2.24, 2.45) is 46.3 Å². The van der Waals surface area contributed by atoms with Gasteiger partial charge in [-0.25, -0.2) is 0 Å². The summed E-state index contributed by atoms with van der Waals surface area (Å²) in [4.78, 5) is 11.9. The number of carbonyl (C=O) groups is 1. The van der Waals surface area contributed by atoms with E-state index in [0.717, 1.165) is 42.4 Å². The van der Waals surface area contributed by atoms with Gasteiger partial charge in [-0.05, 0) is 111 Å². The highest BCUT2D eigenvalue weighted by Crippen LogP contribution is 2.67. The minimum absolute atomic E-state index is 0.101. The van der Waals surface area contributed by atoms with Gasteiger partial charge >= 0.3 is 0 Å². The highest BCUT2D eigenvalue weighted by Gasteiger charge is 2.59. The topological polar surface area (TPSA) is 37.3 Å². The summed E-state index contributed by atoms with van der Waals surface area (Å²) in [5.74, 6) is 5.05. The van der Waals surface area contributed by atoms with E-state index in [0.29, 0.717) is 23.2 Å². The minimum atomic E-state index is -0.101. The van der Waals surface area contributed by atoms with E-state index >= 15 is 0 Å². The van der Waals surface area contributed by atoms with Gasteiger partial charge in [0.05, 0.1) is 6.10 Å². The van der Waals surface area contributed by atoms with Crippen molar-refractivity contribution in [3.05, 3.63) is 23.8 Å². The number of hydrogen-bond acceptors (Lipinski definition) is 2. The fourth-order valence-corrected chi connectivity index (χ4v) is 9.31. The van der Waals surface area contributed by atoms with Gasteiger partial charge in [0.2, 0.25) is 0 Å². The zero-order valence-electron chi connectivity index (χ0n) is 22.1. The zero-order valence-corrected chi connectivity index (χ0v) is 22.1. The number of aliphatic hydroxyl groups excluding tert-OH is 1. The monoisotopic (exact) mass is 454 g/mol. The number of carbonyl (C=O) groups excluding carboxylic acids is 1. The van der Waals surface area contributed by atoms with Gasteiger partial charge in [-0.3, -0.25) is 4.79 Å². The molecule has 3 fully saturated rings. The second-order valence-electron chi connectivity index (χ2n) is 13.1. The van der Waals surface area contributed by atoms with E-state index in [2.05, 4.69) is 33.8 Å². The number of aliphatic hydroxyl groups is 1. The molecule has 3 saturated carbocycles. The van der Waals surface area contributed by atoms with E-state index in [4.69, 9.17) is 0 Å². The van der Waals surface area contributed by atoms with E-state index in [9.17, 15) is 9.90 Å². The molecule has 4 aliphatic carbocycles. The maximum absolute atomic E-state index is 11.9. The third kappa shape index (κ3) is 4.80. The van der Waals surface area contributed by atoms with Gasteiger partial charge in [-0.15, -0.1) is 0 Å². The van der Waals surface area contributed by atoms with Crippen LogP contribution in [0.1, 0.15) is 112 Å². The molecule has 0 bridgehead atoms. The van der Waals surface area contributed by atoms with Crippen LogP contribution in [-0.2, 0) is 4.79 Å². The van der Waals surface area contributed by atoms with Gasteiger partial charge in [0.1, 0.15) is 0 Å². The van der Waals surface area contributed by atoms with Crippen LogP contribution >= 0.6 is 0 Å². The molecule has 0 aromatic heterocycles. The van der Waals surface area contributed by atoms with Crippen molar-refractivity contribution in [1.29, 1.82) is 0 Å². The summed E-state index contributed by atoms with van der Waals surface area (Å²) < 4.78 is 0. The molecule has 0 aromatic rings. The number of ketones is 1. The molecule has 1 unspecified atom stereocenters. The third-order valence-electron chi connectivity index (χ3n) is 11.1. The van der Waals surface area contributed by atoms with Crippen molar-refractivity contribution in [2.75, 3.05) is 0 Å². The Labute approximate surface area is 203 Å². The molecular weight excluding hydrogens is 404 g/mol. The molecule has 33 heavy (non-hydrogen) atoms. The number of hydrogen-bond donors (Lipinski definition) is 1. The summed E-state index contributed by atoms with van der Waals surface area (Å²) in [6.45, 7) is 11.9. The standard InChI is InChI=1S/C31H50O2/c1-6-8-24(32)19-21(2)9-7-10-22(3)27-13-14-28-26-12-11-23-20-25(33)15-17-30(23,4)29(26)16-18-31(27,28)5/h6,8,11,21-22,25-29,33H,7,9-10,12-20H2,1-5H3/b8-6+/t21?,22-,25+,26+,27-,28+,29+,30+,31-/m1/s1. The maximum Gasteiger partial charge on any atom is 0.155 e. The molecule has 186 valence electrons. The Hall–Kier alpha value is -0.890. The summed E-state index contributed by atoms with van der Waals surface area (Å²) in [5.41, 5.74) is 2.47. The van der Waals surface area contributed by atoms with Crippen molar-refractivity contribution >= 4 is 5.78 Å². The number of rotatable bonds is 8. The van der Waals surface area contributed by atoms with E-state index in [1.807, 2.05) is 13.0 Å². The fourth-order valence-electron chi connectivity index (χ4n) is 9.31. The first-order chi connectivity index (χ1) is 15.7. The fraction of sp³-hybridized carbons (Fsp3) is 0.839. The van der Waals surface area contributed by atoms with E-state index in [-0.39, 0.29) is 11.9 Å². The summed E-state index contributed by atoms with van der Waals surface area (Å²) >= 11 is 0. The number of allylic oxidation sites excluding steroid dienone is 3. The second kappa shape index (κ2) is 10.00. The lowest BCUT2D eigenvalue weighted by Gasteiger charge is -2.58. The quantitative estimate of drug-likeness (QED) is 0.299. The zero-order chi connectivity index (χ0) is 23.8. The smallest absolute Gasteiger partial charge is 0.155 e. The van der Waals surface area contributed by atoms with Crippen molar-refractivity contribution in [3.63, 3.8) is 0 Å². The molecule has 1 N–H and O–H groups in total. The summed E-state index contributed by atoms with van der Waals surface area (Å²) in [5, 5.41) is 10.3. The largest absolute Gasteiger partial charge is 0.393 e. The first kappa shape index (κ1) is 25.2. The van der Waals surface area contributed by atoms with Crippen molar-refractivity contribution in [3.8, 4) is 0 Å². The first-order valence-electron chi connectivity index (χ1n) is 14.2. The van der Waals surface area contributed by atoms with Crippen LogP contribution in [0.2, 0.25) is 0 Å². The SMILES string of the molecule is C/C=C/C(=O)CC(C)CCC[C@@H](C)[C@H]1CC[C@H]2[C@@H]3CC=C4C[C@@H](O)CC[C@]4(C)[C@H]3CC[C@]12C. The first-order valence-corrected chi connectivity index (χ1v) is 14.2. The molecule has 4 aliphatic rings. The van der Waals surface area contributed by atoms with Gasteiger partial charge in [-0.2, -0.15) is 0 Å². The van der Waals surface area contributed by atoms with Crippen LogP contribution in [0.15, 0.2) is 23.8 Å². The average molecular weight is 455 g/mol. The van der Waals surface area contributed by atoms with Crippen LogP contribution in [0.5, 0.6) is 0 Å². The lowest BCUT2D eigenvalue weighted by molar-refractivity contribution is -0.115.